The lowest BCUT2D eigenvalue weighted by Gasteiger charge is -2.15. The summed E-state index contributed by atoms with van der Waals surface area (Å²) in [5.74, 6) is -0.926. The topological polar surface area (TPSA) is 66.1 Å². The van der Waals surface area contributed by atoms with Gasteiger partial charge in [0.2, 0.25) is 5.78 Å². The van der Waals surface area contributed by atoms with Gasteiger partial charge in [-0.25, -0.2) is 4.98 Å². The summed E-state index contributed by atoms with van der Waals surface area (Å²) in [6.45, 7) is 1.68. The van der Waals surface area contributed by atoms with Gasteiger partial charge in [-0.3, -0.25) is 9.59 Å². The fourth-order valence-electron chi connectivity index (χ4n) is 1.70. The Morgan fingerprint density at radius 3 is 2.88 bits per heavy atom. The Hall–Kier alpha value is -2.17. The van der Waals surface area contributed by atoms with E-state index in [1.807, 2.05) is 18.2 Å². The first kappa shape index (κ1) is 11.3. The van der Waals surface area contributed by atoms with Crippen LogP contribution in [0, 0.1) is 0 Å². The predicted octanol–water partition coefficient (Wildman–Crippen LogP) is 1.11. The Bertz CT molecular complexity index is 574. The van der Waals surface area contributed by atoms with Crippen molar-refractivity contribution < 1.29 is 9.59 Å². The molecule has 2 aromatic rings. The number of Topliss-reactive ketones (excluding diaryl/α,β-unsaturated/α-hetero) is 1. The number of carbonyl (C=O) groups excluding carboxylic acids is 2. The molecule has 0 saturated heterocycles. The van der Waals surface area contributed by atoms with Crippen LogP contribution in [-0.4, -0.2) is 33.6 Å². The van der Waals surface area contributed by atoms with Gasteiger partial charge in [-0.1, -0.05) is 6.07 Å². The van der Waals surface area contributed by atoms with Crippen molar-refractivity contribution in [2.45, 2.75) is 13.5 Å². The van der Waals surface area contributed by atoms with Crippen molar-refractivity contribution >= 4 is 22.7 Å². The maximum atomic E-state index is 11.4. The first-order valence-electron chi connectivity index (χ1n) is 5.26. The second kappa shape index (κ2) is 4.37. The standard InChI is InChI=1S/C12H13N3O2/c1-8(16)12(17)15(2)6-9-3-4-10-11(5-9)14-7-13-10/h3-5,7H,6H2,1-2H3,(H,13,14). The van der Waals surface area contributed by atoms with E-state index >= 15 is 0 Å². The Kier molecular flexibility index (Phi) is 2.91. The van der Waals surface area contributed by atoms with Crippen LogP contribution in [0.1, 0.15) is 12.5 Å². The second-order valence-corrected chi connectivity index (χ2v) is 3.97. The summed E-state index contributed by atoms with van der Waals surface area (Å²) in [6.07, 6.45) is 1.62. The van der Waals surface area contributed by atoms with Crippen LogP contribution in [0.2, 0.25) is 0 Å². The Balaban J connectivity index is 2.17. The molecule has 0 saturated carbocycles. The maximum Gasteiger partial charge on any atom is 0.289 e. The zero-order chi connectivity index (χ0) is 12.4. The number of nitrogens with zero attached hydrogens (tertiary/aromatic N) is 2. The third-order valence-corrected chi connectivity index (χ3v) is 2.55. The normalized spacial score (nSPS) is 10.5. The molecule has 0 unspecified atom stereocenters. The molecular formula is C12H13N3O2. The quantitative estimate of drug-likeness (QED) is 0.805. The molecule has 0 bridgehead atoms. The van der Waals surface area contributed by atoms with E-state index in [-0.39, 0.29) is 0 Å². The maximum absolute atomic E-state index is 11.4. The summed E-state index contributed by atoms with van der Waals surface area (Å²) >= 11 is 0. The number of hydrogen-bond donors (Lipinski definition) is 1. The highest BCUT2D eigenvalue weighted by molar-refractivity contribution is 6.34. The van der Waals surface area contributed by atoms with E-state index in [2.05, 4.69) is 9.97 Å². The van der Waals surface area contributed by atoms with E-state index in [9.17, 15) is 9.59 Å². The van der Waals surface area contributed by atoms with Gasteiger partial charge in [0.05, 0.1) is 17.4 Å². The van der Waals surface area contributed by atoms with E-state index in [0.717, 1.165) is 16.6 Å². The Labute approximate surface area is 98.4 Å². The number of aromatic amines is 1. The van der Waals surface area contributed by atoms with Gasteiger partial charge in [0.25, 0.3) is 5.91 Å². The highest BCUT2D eigenvalue weighted by atomic mass is 16.2. The number of imidazole rings is 1. The highest BCUT2D eigenvalue weighted by Crippen LogP contribution is 2.12. The van der Waals surface area contributed by atoms with Gasteiger partial charge >= 0.3 is 0 Å². The molecule has 0 aliphatic heterocycles. The fourth-order valence-corrected chi connectivity index (χ4v) is 1.70. The van der Waals surface area contributed by atoms with Crippen LogP contribution in [0.25, 0.3) is 11.0 Å². The number of rotatable bonds is 3. The monoisotopic (exact) mass is 231 g/mol. The number of benzene rings is 1. The van der Waals surface area contributed by atoms with Crippen LogP contribution in [0.4, 0.5) is 0 Å². The highest BCUT2D eigenvalue weighted by Gasteiger charge is 2.13. The number of nitrogens with one attached hydrogen (secondary N) is 1. The van der Waals surface area contributed by atoms with Gasteiger partial charge in [0, 0.05) is 20.5 Å². The SMILES string of the molecule is CC(=O)C(=O)N(C)Cc1ccc2nc[nH]c2c1. The van der Waals surface area contributed by atoms with Crippen molar-refractivity contribution in [1.29, 1.82) is 0 Å². The van der Waals surface area contributed by atoms with Crippen molar-refractivity contribution in [2.24, 2.45) is 0 Å². The summed E-state index contributed by atoms with van der Waals surface area (Å²) in [4.78, 5) is 30.9. The molecule has 5 heteroatoms. The molecule has 2 rings (SSSR count). The summed E-state index contributed by atoms with van der Waals surface area (Å²) in [6, 6.07) is 5.70. The third-order valence-electron chi connectivity index (χ3n) is 2.55. The number of ketones is 1. The molecule has 0 spiro atoms. The number of amides is 1. The molecule has 0 fully saturated rings. The van der Waals surface area contributed by atoms with E-state index < -0.39 is 11.7 Å². The molecule has 0 radical (unpaired) electrons. The molecule has 88 valence electrons. The van der Waals surface area contributed by atoms with Crippen molar-refractivity contribution in [1.82, 2.24) is 14.9 Å². The lowest BCUT2D eigenvalue weighted by Crippen LogP contribution is -2.31. The molecule has 1 N–H and O–H groups in total. The van der Waals surface area contributed by atoms with Gasteiger partial charge in [-0.2, -0.15) is 0 Å². The van der Waals surface area contributed by atoms with Crippen LogP contribution < -0.4 is 0 Å². The van der Waals surface area contributed by atoms with E-state index in [4.69, 9.17) is 0 Å². The van der Waals surface area contributed by atoms with Gasteiger partial charge < -0.3 is 9.88 Å². The van der Waals surface area contributed by atoms with Crippen LogP contribution in [-0.2, 0) is 16.1 Å². The number of hydrogen-bond acceptors (Lipinski definition) is 3. The summed E-state index contributed by atoms with van der Waals surface area (Å²) in [5.41, 5.74) is 2.76. The summed E-state index contributed by atoms with van der Waals surface area (Å²) in [7, 11) is 1.61. The number of aromatic nitrogens is 2. The smallest absolute Gasteiger partial charge is 0.289 e. The van der Waals surface area contributed by atoms with Crippen molar-refractivity contribution in [3.05, 3.63) is 30.1 Å². The minimum atomic E-state index is -0.477. The molecule has 0 aliphatic rings. The zero-order valence-electron chi connectivity index (χ0n) is 9.73. The molecule has 0 aliphatic carbocycles. The minimum absolute atomic E-state index is 0.410. The number of carbonyl (C=O) groups is 2. The molecule has 1 aromatic heterocycles. The minimum Gasteiger partial charge on any atom is -0.345 e. The van der Waals surface area contributed by atoms with Gasteiger partial charge in [-0.15, -0.1) is 0 Å². The first-order valence-corrected chi connectivity index (χ1v) is 5.26. The molecule has 0 atom stereocenters. The van der Waals surface area contributed by atoms with Gasteiger partial charge in [0.1, 0.15) is 0 Å². The molecule has 1 heterocycles. The van der Waals surface area contributed by atoms with E-state index in [1.165, 1.54) is 11.8 Å². The van der Waals surface area contributed by atoms with Gasteiger partial charge in [-0.05, 0) is 17.7 Å². The molecule has 1 amide bonds. The van der Waals surface area contributed by atoms with Crippen LogP contribution >= 0.6 is 0 Å². The van der Waals surface area contributed by atoms with E-state index in [1.54, 1.807) is 13.4 Å². The first-order chi connectivity index (χ1) is 8.08. The van der Waals surface area contributed by atoms with Crippen LogP contribution in [0.5, 0.6) is 0 Å². The Morgan fingerprint density at radius 1 is 1.41 bits per heavy atom. The molecule has 1 aromatic carbocycles. The Morgan fingerprint density at radius 2 is 2.18 bits per heavy atom. The third kappa shape index (κ3) is 2.33. The number of likely N-dealkylation sites (N-methyl/N-ethyl adjacent to an activating group) is 1. The summed E-state index contributed by atoms with van der Waals surface area (Å²) < 4.78 is 0. The van der Waals surface area contributed by atoms with Crippen LogP contribution in [0.3, 0.4) is 0 Å². The molecule has 5 nitrogen and oxygen atoms in total. The van der Waals surface area contributed by atoms with Crippen molar-refractivity contribution in [3.63, 3.8) is 0 Å². The lowest BCUT2D eigenvalue weighted by atomic mass is 10.2. The predicted molar refractivity (Wildman–Crippen MR) is 63.2 cm³/mol. The second-order valence-electron chi connectivity index (χ2n) is 3.97. The number of H-pyrrole nitrogens is 1. The molecular weight excluding hydrogens is 218 g/mol. The average molecular weight is 231 g/mol. The zero-order valence-corrected chi connectivity index (χ0v) is 9.73. The van der Waals surface area contributed by atoms with Gasteiger partial charge in [0.15, 0.2) is 0 Å². The largest absolute Gasteiger partial charge is 0.345 e. The van der Waals surface area contributed by atoms with Crippen molar-refractivity contribution in [3.8, 4) is 0 Å². The van der Waals surface area contributed by atoms with Crippen molar-refractivity contribution in [2.75, 3.05) is 7.05 Å². The lowest BCUT2D eigenvalue weighted by molar-refractivity contribution is -0.143. The molecule has 17 heavy (non-hydrogen) atoms. The van der Waals surface area contributed by atoms with Crippen LogP contribution in [0.15, 0.2) is 24.5 Å². The summed E-state index contributed by atoms with van der Waals surface area (Å²) in [5, 5.41) is 0. The average Bonchev–Trinajstić information content (AvgIpc) is 2.74. The number of fused-ring (bicyclic) bond motifs is 1. The van der Waals surface area contributed by atoms with E-state index in [0.29, 0.717) is 6.54 Å². The fraction of sp³-hybridized carbons (Fsp3) is 0.250.